The summed E-state index contributed by atoms with van der Waals surface area (Å²) in [5.74, 6) is 3.70. The molecule has 0 spiro atoms. The quantitative estimate of drug-likeness (QED) is 0.783. The van der Waals surface area contributed by atoms with Gasteiger partial charge in [0.25, 0.3) is 0 Å². The van der Waals surface area contributed by atoms with Crippen LogP contribution in [0.15, 0.2) is 33.1 Å². The number of rotatable bonds is 0. The van der Waals surface area contributed by atoms with Gasteiger partial charge in [0.05, 0.1) is 31.7 Å². The highest BCUT2D eigenvalue weighted by molar-refractivity contribution is 5.27. The lowest BCUT2D eigenvalue weighted by molar-refractivity contribution is 0.136. The fourth-order valence-electron chi connectivity index (χ4n) is 2.55. The van der Waals surface area contributed by atoms with Crippen molar-refractivity contribution in [2.75, 3.05) is 26.3 Å². The average molecular weight is 304 g/mol. The summed E-state index contributed by atoms with van der Waals surface area (Å²) in [5.41, 5.74) is -0.281. The minimum atomic E-state index is -0.281. The van der Waals surface area contributed by atoms with Gasteiger partial charge < -0.3 is 24.2 Å². The molecule has 0 fully saturated rings. The second-order valence-corrected chi connectivity index (χ2v) is 6.12. The van der Waals surface area contributed by atoms with E-state index >= 15 is 0 Å². The third-order valence-corrected chi connectivity index (χ3v) is 4.00. The molecule has 0 saturated carbocycles. The van der Waals surface area contributed by atoms with Gasteiger partial charge in [0.2, 0.25) is 0 Å². The predicted molar refractivity (Wildman–Crippen MR) is 83.8 cm³/mol. The number of nitrogens with one attached hydrogen (secondary N) is 2. The molecule has 0 atom stereocenters. The lowest BCUT2D eigenvalue weighted by Gasteiger charge is -2.19. The Bertz CT molecular complexity index is 550. The van der Waals surface area contributed by atoms with Crippen molar-refractivity contribution in [1.29, 1.82) is 0 Å². The standard InChI is InChI=1S/C17H24N2O3/c1-17(2)15-5-3-13(21-15)11-18-7-9-20-10-8-19-12-14-4-6-16(17)22-14/h3-6,18-19H,7-12H2,1-2H3. The molecule has 3 heterocycles. The zero-order valence-electron chi connectivity index (χ0n) is 13.3. The minimum absolute atomic E-state index is 0.281. The normalized spacial score (nSPS) is 19.9. The smallest absolute Gasteiger partial charge is 0.118 e. The van der Waals surface area contributed by atoms with E-state index in [0.717, 1.165) is 36.1 Å². The number of hydrogen-bond acceptors (Lipinski definition) is 5. The molecule has 1 aliphatic heterocycles. The van der Waals surface area contributed by atoms with Crippen LogP contribution < -0.4 is 10.6 Å². The molecular weight excluding hydrogens is 280 g/mol. The molecule has 1 aliphatic rings. The number of ether oxygens (including phenoxy) is 1. The Labute approximate surface area is 131 Å². The van der Waals surface area contributed by atoms with Gasteiger partial charge in [-0.15, -0.1) is 0 Å². The van der Waals surface area contributed by atoms with Gasteiger partial charge in [0.1, 0.15) is 23.0 Å². The highest BCUT2D eigenvalue weighted by Crippen LogP contribution is 2.33. The van der Waals surface area contributed by atoms with Crippen molar-refractivity contribution >= 4 is 0 Å². The first-order valence-corrected chi connectivity index (χ1v) is 7.84. The summed E-state index contributed by atoms with van der Waals surface area (Å²) in [6.07, 6.45) is 0. The van der Waals surface area contributed by atoms with Crippen molar-refractivity contribution in [1.82, 2.24) is 10.6 Å². The van der Waals surface area contributed by atoms with E-state index < -0.39 is 0 Å². The van der Waals surface area contributed by atoms with Crippen LogP contribution in [0.1, 0.15) is 36.9 Å². The first-order valence-electron chi connectivity index (χ1n) is 7.84. The maximum atomic E-state index is 5.99. The predicted octanol–water partition coefficient (Wildman–Crippen LogP) is 2.41. The van der Waals surface area contributed by atoms with E-state index in [1.165, 1.54) is 0 Å². The van der Waals surface area contributed by atoms with Crippen molar-refractivity contribution < 1.29 is 13.6 Å². The number of hydrogen-bond donors (Lipinski definition) is 2. The molecule has 5 nitrogen and oxygen atoms in total. The van der Waals surface area contributed by atoms with Crippen LogP contribution in [-0.2, 0) is 23.2 Å². The van der Waals surface area contributed by atoms with E-state index in [9.17, 15) is 0 Å². The van der Waals surface area contributed by atoms with Crippen LogP contribution in [0.2, 0.25) is 0 Å². The Morgan fingerprint density at radius 3 is 1.82 bits per heavy atom. The third kappa shape index (κ3) is 3.43. The molecular formula is C17H24N2O3. The SMILES string of the molecule is CC1(C)c2ccc(o2)CNCCOCCNCc2ccc1o2. The van der Waals surface area contributed by atoms with Gasteiger partial charge in [0, 0.05) is 13.1 Å². The Hall–Kier alpha value is -1.56. The van der Waals surface area contributed by atoms with Crippen LogP contribution in [0.3, 0.4) is 0 Å². The van der Waals surface area contributed by atoms with E-state index in [0.29, 0.717) is 26.3 Å². The van der Waals surface area contributed by atoms with Gasteiger partial charge in [0.15, 0.2) is 0 Å². The van der Waals surface area contributed by atoms with E-state index in [4.69, 9.17) is 13.6 Å². The van der Waals surface area contributed by atoms with E-state index in [1.807, 2.05) is 24.3 Å². The molecule has 2 aromatic heterocycles. The summed E-state index contributed by atoms with van der Waals surface area (Å²) in [6, 6.07) is 8.11. The second-order valence-electron chi connectivity index (χ2n) is 6.12. The zero-order chi connectivity index (χ0) is 15.4. The Morgan fingerprint density at radius 1 is 0.818 bits per heavy atom. The van der Waals surface area contributed by atoms with Crippen molar-refractivity contribution in [2.24, 2.45) is 0 Å². The molecule has 0 aliphatic carbocycles. The summed E-state index contributed by atoms with van der Waals surface area (Å²) in [5, 5.41) is 6.65. The highest BCUT2D eigenvalue weighted by Gasteiger charge is 2.30. The van der Waals surface area contributed by atoms with Crippen molar-refractivity contribution in [3.63, 3.8) is 0 Å². The minimum Gasteiger partial charge on any atom is -0.464 e. The van der Waals surface area contributed by atoms with Gasteiger partial charge in [-0.2, -0.15) is 0 Å². The van der Waals surface area contributed by atoms with Gasteiger partial charge in [-0.25, -0.2) is 0 Å². The van der Waals surface area contributed by atoms with Crippen LogP contribution in [0, 0.1) is 0 Å². The summed E-state index contributed by atoms with van der Waals surface area (Å²) < 4.78 is 17.5. The fourth-order valence-corrected chi connectivity index (χ4v) is 2.55. The Morgan fingerprint density at radius 2 is 1.32 bits per heavy atom. The average Bonchev–Trinajstić information content (AvgIpc) is 3.14. The molecule has 3 rings (SSSR count). The molecule has 0 unspecified atom stereocenters. The monoisotopic (exact) mass is 304 g/mol. The van der Waals surface area contributed by atoms with Crippen molar-refractivity contribution in [3.05, 3.63) is 47.3 Å². The summed E-state index contributed by atoms with van der Waals surface area (Å²) in [6.45, 7) is 8.70. The van der Waals surface area contributed by atoms with Gasteiger partial charge in [-0.3, -0.25) is 0 Å². The molecule has 2 N–H and O–H groups in total. The maximum Gasteiger partial charge on any atom is 0.118 e. The second kappa shape index (κ2) is 6.69. The lowest BCUT2D eigenvalue weighted by Crippen LogP contribution is -2.23. The van der Waals surface area contributed by atoms with E-state index in [2.05, 4.69) is 24.5 Å². The lowest BCUT2D eigenvalue weighted by atomic mass is 9.87. The zero-order valence-corrected chi connectivity index (χ0v) is 13.3. The first kappa shape index (κ1) is 15.3. The Kier molecular flexibility index (Phi) is 4.66. The van der Waals surface area contributed by atoms with Crippen LogP contribution in [-0.4, -0.2) is 26.3 Å². The number of fused-ring (bicyclic) bond motifs is 4. The molecule has 0 saturated heterocycles. The van der Waals surface area contributed by atoms with Crippen LogP contribution in [0.25, 0.3) is 0 Å². The molecule has 5 heteroatoms. The van der Waals surface area contributed by atoms with E-state index in [-0.39, 0.29) is 5.41 Å². The van der Waals surface area contributed by atoms with E-state index in [1.54, 1.807) is 0 Å². The molecule has 0 aromatic carbocycles. The Balaban J connectivity index is 1.82. The van der Waals surface area contributed by atoms with Gasteiger partial charge in [-0.05, 0) is 38.1 Å². The van der Waals surface area contributed by atoms with Gasteiger partial charge in [-0.1, -0.05) is 0 Å². The van der Waals surface area contributed by atoms with Crippen LogP contribution >= 0.6 is 0 Å². The molecule has 2 aromatic rings. The maximum absolute atomic E-state index is 5.99. The fraction of sp³-hybridized carbons (Fsp3) is 0.529. The third-order valence-electron chi connectivity index (χ3n) is 4.00. The van der Waals surface area contributed by atoms with Gasteiger partial charge >= 0.3 is 0 Å². The summed E-state index contributed by atoms with van der Waals surface area (Å²) in [4.78, 5) is 0. The largest absolute Gasteiger partial charge is 0.464 e. The topological polar surface area (TPSA) is 59.6 Å². The highest BCUT2D eigenvalue weighted by atomic mass is 16.5. The molecule has 0 radical (unpaired) electrons. The van der Waals surface area contributed by atoms with Crippen LogP contribution in [0.5, 0.6) is 0 Å². The van der Waals surface area contributed by atoms with Crippen molar-refractivity contribution in [2.45, 2.75) is 32.4 Å². The molecule has 4 bridgehead atoms. The first-order chi connectivity index (χ1) is 10.7. The number of furan rings is 2. The van der Waals surface area contributed by atoms with Crippen LogP contribution in [0.4, 0.5) is 0 Å². The summed E-state index contributed by atoms with van der Waals surface area (Å²) in [7, 11) is 0. The molecule has 22 heavy (non-hydrogen) atoms. The molecule has 0 amide bonds. The van der Waals surface area contributed by atoms with Crippen molar-refractivity contribution in [3.8, 4) is 0 Å². The summed E-state index contributed by atoms with van der Waals surface area (Å²) >= 11 is 0. The molecule has 120 valence electrons.